The predicted molar refractivity (Wildman–Crippen MR) is 88.5 cm³/mol. The minimum absolute atomic E-state index is 0.109. The van der Waals surface area contributed by atoms with E-state index in [9.17, 15) is 14.0 Å². The predicted octanol–water partition coefficient (Wildman–Crippen LogP) is 2.51. The van der Waals surface area contributed by atoms with E-state index < -0.39 is 11.9 Å². The zero-order chi connectivity index (χ0) is 18.2. The third-order valence-electron chi connectivity index (χ3n) is 3.10. The zero-order valence-electron chi connectivity index (χ0n) is 13.0. The van der Waals surface area contributed by atoms with Crippen LogP contribution in [0.2, 0.25) is 0 Å². The highest BCUT2D eigenvalue weighted by Gasteiger charge is 2.12. The average molecular weight is 339 g/mol. The highest BCUT2D eigenvalue weighted by molar-refractivity contribution is 6.08. The van der Waals surface area contributed by atoms with Gasteiger partial charge in [0.1, 0.15) is 29.8 Å². The number of hydrogen-bond acceptors (Lipinski definition) is 4. The van der Waals surface area contributed by atoms with Crippen molar-refractivity contribution in [2.24, 2.45) is 5.73 Å². The van der Waals surface area contributed by atoms with Crippen LogP contribution >= 0.6 is 0 Å². The first kappa shape index (κ1) is 17.7. The smallest absolute Gasteiger partial charge is 0.319 e. The zero-order valence-corrected chi connectivity index (χ0v) is 13.0. The normalized spacial score (nSPS) is 10.6. The fourth-order valence-electron chi connectivity index (χ4n) is 2.00. The molecular formula is C18H14FN3O3. The van der Waals surface area contributed by atoms with E-state index in [0.29, 0.717) is 16.9 Å². The van der Waals surface area contributed by atoms with Crippen LogP contribution in [0.1, 0.15) is 11.1 Å². The lowest BCUT2D eigenvalue weighted by Gasteiger charge is -2.10. The van der Waals surface area contributed by atoms with Crippen molar-refractivity contribution in [2.75, 3.05) is 0 Å². The topological polar surface area (TPSA) is 105 Å². The van der Waals surface area contributed by atoms with Gasteiger partial charge in [-0.05, 0) is 29.8 Å². The largest absolute Gasteiger partial charge is 0.488 e. The molecule has 0 heterocycles. The SMILES string of the molecule is N#C/C(=C/c1ccccc1OCc1cccc(F)c1)C(=O)NC(N)=O. The van der Waals surface area contributed by atoms with E-state index in [1.807, 2.05) is 5.32 Å². The Hall–Kier alpha value is -3.66. The summed E-state index contributed by atoms with van der Waals surface area (Å²) < 4.78 is 18.8. The van der Waals surface area contributed by atoms with Gasteiger partial charge < -0.3 is 10.5 Å². The molecule has 0 saturated carbocycles. The van der Waals surface area contributed by atoms with Crippen molar-refractivity contribution in [1.29, 1.82) is 5.26 Å². The molecule has 0 radical (unpaired) electrons. The van der Waals surface area contributed by atoms with Crippen LogP contribution in [0.15, 0.2) is 54.1 Å². The number of amides is 3. The number of carbonyl (C=O) groups excluding carboxylic acids is 2. The number of nitriles is 1. The number of rotatable bonds is 5. The van der Waals surface area contributed by atoms with E-state index in [0.717, 1.165) is 0 Å². The third-order valence-corrected chi connectivity index (χ3v) is 3.10. The second kappa shape index (κ2) is 8.26. The Kier molecular flexibility index (Phi) is 5.85. The third kappa shape index (κ3) is 5.18. The van der Waals surface area contributed by atoms with Crippen molar-refractivity contribution in [2.45, 2.75) is 6.61 Å². The standard InChI is InChI=1S/C18H14FN3O3/c19-15-6-3-4-12(8-15)11-25-16-7-2-1-5-13(16)9-14(10-20)17(23)22-18(21)24/h1-9H,11H2,(H3,21,22,23,24)/b14-9-. The maximum absolute atomic E-state index is 13.2. The van der Waals surface area contributed by atoms with Gasteiger partial charge in [-0.1, -0.05) is 30.3 Å². The summed E-state index contributed by atoms with van der Waals surface area (Å²) in [7, 11) is 0. The van der Waals surface area contributed by atoms with Gasteiger partial charge in [-0.25, -0.2) is 9.18 Å². The molecule has 2 aromatic rings. The second-order valence-electron chi connectivity index (χ2n) is 4.94. The van der Waals surface area contributed by atoms with Gasteiger partial charge in [-0.15, -0.1) is 0 Å². The van der Waals surface area contributed by atoms with E-state index in [4.69, 9.17) is 15.7 Å². The highest BCUT2D eigenvalue weighted by atomic mass is 19.1. The Balaban J connectivity index is 2.22. The molecule has 25 heavy (non-hydrogen) atoms. The molecule has 0 aliphatic heterocycles. The number of primary amides is 1. The number of nitrogens with two attached hydrogens (primary N) is 1. The summed E-state index contributed by atoms with van der Waals surface area (Å²) in [5.74, 6) is -0.884. The monoisotopic (exact) mass is 339 g/mol. The Labute approximate surface area is 143 Å². The van der Waals surface area contributed by atoms with Crippen LogP contribution in [0.5, 0.6) is 5.75 Å². The molecule has 6 nitrogen and oxygen atoms in total. The minimum atomic E-state index is -1.05. The summed E-state index contributed by atoms with van der Waals surface area (Å²) in [5.41, 5.74) is 5.65. The van der Waals surface area contributed by atoms with Crippen LogP contribution in [0.3, 0.4) is 0 Å². The number of nitrogens with zero attached hydrogens (tertiary/aromatic N) is 1. The van der Waals surface area contributed by atoms with Crippen molar-refractivity contribution in [3.8, 4) is 11.8 Å². The fourth-order valence-corrected chi connectivity index (χ4v) is 2.00. The van der Waals surface area contributed by atoms with Crippen molar-refractivity contribution < 1.29 is 18.7 Å². The number of benzene rings is 2. The van der Waals surface area contributed by atoms with E-state index in [2.05, 4.69) is 0 Å². The number of carbonyl (C=O) groups is 2. The van der Waals surface area contributed by atoms with Gasteiger partial charge in [-0.2, -0.15) is 5.26 Å². The lowest BCUT2D eigenvalue weighted by Crippen LogP contribution is -2.35. The molecule has 0 saturated heterocycles. The fraction of sp³-hybridized carbons (Fsp3) is 0.0556. The van der Waals surface area contributed by atoms with Crippen molar-refractivity contribution in [3.05, 3.63) is 71.0 Å². The van der Waals surface area contributed by atoms with Gasteiger partial charge >= 0.3 is 6.03 Å². The minimum Gasteiger partial charge on any atom is -0.488 e. The number of urea groups is 1. The molecule has 0 unspecified atom stereocenters. The Bertz CT molecular complexity index is 872. The number of halogens is 1. The lowest BCUT2D eigenvalue weighted by atomic mass is 10.1. The number of hydrogen-bond donors (Lipinski definition) is 2. The molecule has 0 aromatic heterocycles. The molecule has 3 amide bonds. The molecule has 0 fully saturated rings. The number of para-hydroxylation sites is 1. The van der Waals surface area contributed by atoms with Crippen LogP contribution < -0.4 is 15.8 Å². The second-order valence-corrected chi connectivity index (χ2v) is 4.94. The van der Waals surface area contributed by atoms with Crippen LogP contribution in [0.4, 0.5) is 9.18 Å². The molecule has 0 aliphatic carbocycles. The molecule has 3 N–H and O–H groups in total. The Morgan fingerprint density at radius 1 is 1.24 bits per heavy atom. The summed E-state index contributed by atoms with van der Waals surface area (Å²) in [5, 5.41) is 10.9. The molecule has 7 heteroatoms. The van der Waals surface area contributed by atoms with Crippen molar-refractivity contribution in [1.82, 2.24) is 5.32 Å². The molecule has 0 bridgehead atoms. The lowest BCUT2D eigenvalue weighted by molar-refractivity contribution is -0.115. The van der Waals surface area contributed by atoms with Gasteiger partial charge in [-0.3, -0.25) is 10.1 Å². The average Bonchev–Trinajstić information content (AvgIpc) is 2.58. The van der Waals surface area contributed by atoms with Crippen LogP contribution in [0, 0.1) is 17.1 Å². The van der Waals surface area contributed by atoms with E-state index in [-0.39, 0.29) is 18.0 Å². The molecule has 2 rings (SSSR count). The maximum atomic E-state index is 13.2. The first-order chi connectivity index (χ1) is 12.0. The highest BCUT2D eigenvalue weighted by Crippen LogP contribution is 2.22. The Morgan fingerprint density at radius 3 is 2.68 bits per heavy atom. The molecule has 126 valence electrons. The maximum Gasteiger partial charge on any atom is 0.319 e. The van der Waals surface area contributed by atoms with Crippen LogP contribution in [0.25, 0.3) is 6.08 Å². The summed E-state index contributed by atoms with van der Waals surface area (Å²) in [4.78, 5) is 22.5. The van der Waals surface area contributed by atoms with E-state index >= 15 is 0 Å². The molecule has 2 aromatic carbocycles. The van der Waals surface area contributed by atoms with Crippen molar-refractivity contribution >= 4 is 18.0 Å². The van der Waals surface area contributed by atoms with E-state index in [1.54, 1.807) is 42.5 Å². The van der Waals surface area contributed by atoms with Crippen molar-refractivity contribution in [3.63, 3.8) is 0 Å². The molecule has 0 atom stereocenters. The van der Waals surface area contributed by atoms with Crippen LogP contribution in [-0.4, -0.2) is 11.9 Å². The first-order valence-corrected chi connectivity index (χ1v) is 7.18. The number of ether oxygens (including phenoxy) is 1. The van der Waals surface area contributed by atoms with Crippen LogP contribution in [-0.2, 0) is 11.4 Å². The molecule has 0 aliphatic rings. The van der Waals surface area contributed by atoms with Gasteiger partial charge in [0.2, 0.25) is 0 Å². The van der Waals surface area contributed by atoms with Gasteiger partial charge in [0.15, 0.2) is 0 Å². The summed E-state index contributed by atoms with van der Waals surface area (Å²) in [6.45, 7) is 0.109. The van der Waals surface area contributed by atoms with Gasteiger partial charge in [0, 0.05) is 5.56 Å². The number of imide groups is 1. The summed E-state index contributed by atoms with van der Waals surface area (Å²) in [6, 6.07) is 13.3. The summed E-state index contributed by atoms with van der Waals surface area (Å²) in [6.07, 6.45) is 1.28. The van der Waals surface area contributed by atoms with Gasteiger partial charge in [0.05, 0.1) is 0 Å². The quantitative estimate of drug-likeness (QED) is 0.645. The number of nitrogens with one attached hydrogen (secondary N) is 1. The molecular weight excluding hydrogens is 325 g/mol. The van der Waals surface area contributed by atoms with Gasteiger partial charge in [0.25, 0.3) is 5.91 Å². The molecule has 0 spiro atoms. The van der Waals surface area contributed by atoms with E-state index in [1.165, 1.54) is 18.2 Å². The summed E-state index contributed by atoms with van der Waals surface area (Å²) >= 11 is 0. The first-order valence-electron chi connectivity index (χ1n) is 7.18. The Morgan fingerprint density at radius 2 is 2.00 bits per heavy atom.